The van der Waals surface area contributed by atoms with Gasteiger partial charge in [-0.15, -0.1) is 11.3 Å². The second-order valence-electron chi connectivity index (χ2n) is 5.54. The molecule has 1 aromatic heterocycles. The summed E-state index contributed by atoms with van der Waals surface area (Å²) in [6.45, 7) is 2.93. The fourth-order valence-electron chi connectivity index (χ4n) is 2.58. The Bertz CT molecular complexity index is 463. The number of alkyl halides is 3. The van der Waals surface area contributed by atoms with E-state index in [1.165, 1.54) is 6.20 Å². The highest BCUT2D eigenvalue weighted by atomic mass is 32.1. The van der Waals surface area contributed by atoms with E-state index in [4.69, 9.17) is 0 Å². The van der Waals surface area contributed by atoms with E-state index in [1.807, 2.05) is 0 Å². The third-order valence-electron chi connectivity index (χ3n) is 3.95. The van der Waals surface area contributed by atoms with Crippen molar-refractivity contribution in [2.24, 2.45) is 0 Å². The van der Waals surface area contributed by atoms with Gasteiger partial charge in [0.1, 0.15) is 0 Å². The minimum atomic E-state index is -4.36. The van der Waals surface area contributed by atoms with Crippen LogP contribution in [-0.4, -0.2) is 61.6 Å². The van der Waals surface area contributed by atoms with Crippen molar-refractivity contribution in [3.8, 4) is 0 Å². The average molecular weight is 322 g/mol. The Balaban J connectivity index is 2.07. The number of rotatable bonds is 4. The fraction of sp³-hybridized carbons (Fsp3) is 0.769. The number of thiazole rings is 1. The van der Waals surface area contributed by atoms with Crippen LogP contribution in [0.3, 0.4) is 0 Å². The maximum Gasteiger partial charge on any atom is 0.443 e. The smallest absolute Gasteiger partial charge is 0.312 e. The summed E-state index contributed by atoms with van der Waals surface area (Å²) in [4.78, 5) is 8.69. The molecule has 1 aliphatic heterocycles. The van der Waals surface area contributed by atoms with Gasteiger partial charge in [0.25, 0.3) is 0 Å². The van der Waals surface area contributed by atoms with E-state index >= 15 is 0 Å². The molecule has 8 heteroatoms. The Hall–Kier alpha value is -0.700. The van der Waals surface area contributed by atoms with Crippen LogP contribution >= 0.6 is 11.3 Å². The van der Waals surface area contributed by atoms with Gasteiger partial charge >= 0.3 is 6.18 Å². The highest BCUT2D eigenvalue weighted by Gasteiger charge is 2.35. The Kier molecular flexibility index (Phi) is 5.24. The maximum atomic E-state index is 12.7. The second-order valence-corrected chi connectivity index (χ2v) is 6.60. The molecule has 2 rings (SSSR count). The van der Waals surface area contributed by atoms with Gasteiger partial charge in [-0.1, -0.05) is 0 Å². The zero-order chi connectivity index (χ0) is 15.6. The molecule has 0 amide bonds. The molecule has 1 saturated heterocycles. The van der Waals surface area contributed by atoms with E-state index in [0.29, 0.717) is 10.9 Å². The van der Waals surface area contributed by atoms with Gasteiger partial charge in [-0.25, -0.2) is 4.98 Å². The van der Waals surface area contributed by atoms with Crippen molar-refractivity contribution >= 4 is 11.3 Å². The molecule has 1 aliphatic rings. The number of nitrogens with one attached hydrogen (secondary N) is 1. The Morgan fingerprint density at radius 3 is 2.71 bits per heavy atom. The molecule has 0 aliphatic carbocycles. The highest BCUT2D eigenvalue weighted by Crippen LogP contribution is 2.35. The lowest BCUT2D eigenvalue weighted by atomic mass is 10.0. The fourth-order valence-corrected chi connectivity index (χ4v) is 3.49. The van der Waals surface area contributed by atoms with Crippen molar-refractivity contribution < 1.29 is 13.2 Å². The number of piperazine rings is 1. The molecular weight excluding hydrogens is 301 g/mol. The summed E-state index contributed by atoms with van der Waals surface area (Å²) in [6.07, 6.45) is -2.24. The maximum absolute atomic E-state index is 12.7. The monoisotopic (exact) mass is 322 g/mol. The van der Waals surface area contributed by atoms with Crippen molar-refractivity contribution in [2.45, 2.75) is 24.7 Å². The molecule has 21 heavy (non-hydrogen) atoms. The lowest BCUT2D eigenvalue weighted by Gasteiger charge is -2.39. The first kappa shape index (κ1) is 16.7. The predicted octanol–water partition coefficient (Wildman–Crippen LogP) is 2.06. The van der Waals surface area contributed by atoms with Crippen molar-refractivity contribution in [2.75, 3.05) is 40.8 Å². The summed E-state index contributed by atoms with van der Waals surface area (Å²) in [5.74, 6) is 0. The molecule has 0 bridgehead atoms. The lowest BCUT2D eigenvalue weighted by molar-refractivity contribution is -0.137. The molecule has 1 aromatic rings. The van der Waals surface area contributed by atoms with Crippen molar-refractivity contribution in [1.82, 2.24) is 20.1 Å². The summed E-state index contributed by atoms with van der Waals surface area (Å²) >= 11 is 0.732. The molecule has 2 atom stereocenters. The lowest BCUT2D eigenvalue weighted by Crippen LogP contribution is -2.50. The van der Waals surface area contributed by atoms with E-state index in [2.05, 4.69) is 34.2 Å². The Labute approximate surface area is 127 Å². The van der Waals surface area contributed by atoms with Crippen molar-refractivity contribution in [1.29, 1.82) is 0 Å². The van der Waals surface area contributed by atoms with Crippen molar-refractivity contribution in [3.05, 3.63) is 16.1 Å². The van der Waals surface area contributed by atoms with Gasteiger partial charge in [-0.3, -0.25) is 0 Å². The summed E-state index contributed by atoms with van der Waals surface area (Å²) < 4.78 is 38.0. The quantitative estimate of drug-likeness (QED) is 0.919. The molecule has 120 valence electrons. The SMILES string of the molecule is CNC(CC1CN(C)CCN1C)c1cnc(C(F)(F)F)s1. The molecule has 0 aromatic carbocycles. The first-order valence-corrected chi connectivity index (χ1v) is 7.72. The first-order chi connectivity index (χ1) is 9.81. The van der Waals surface area contributed by atoms with Crippen LogP contribution in [0.25, 0.3) is 0 Å². The highest BCUT2D eigenvalue weighted by molar-refractivity contribution is 7.11. The van der Waals surface area contributed by atoms with Gasteiger partial charge in [-0.2, -0.15) is 13.2 Å². The third kappa shape index (κ3) is 4.15. The average Bonchev–Trinajstić information content (AvgIpc) is 2.89. The molecule has 0 saturated carbocycles. The molecule has 1 N–H and O–H groups in total. The molecule has 0 spiro atoms. The van der Waals surface area contributed by atoms with E-state index in [0.717, 1.165) is 37.4 Å². The van der Waals surface area contributed by atoms with E-state index in [-0.39, 0.29) is 6.04 Å². The molecule has 4 nitrogen and oxygen atoms in total. The van der Waals surface area contributed by atoms with Crippen LogP contribution in [0.1, 0.15) is 22.3 Å². The van der Waals surface area contributed by atoms with Gasteiger partial charge in [0.15, 0.2) is 5.01 Å². The number of halogens is 3. The second kappa shape index (κ2) is 6.60. The number of nitrogens with zero attached hydrogens (tertiary/aromatic N) is 3. The summed E-state index contributed by atoms with van der Waals surface area (Å²) in [5, 5.41) is 2.35. The van der Waals surface area contributed by atoms with E-state index in [9.17, 15) is 13.2 Å². The standard InChI is InChI=1S/C13H21F3N4S/c1-17-10(6-9-8-19(2)4-5-20(9)3)11-7-18-12(21-11)13(14,15)16/h7,9-10,17H,4-6,8H2,1-3H3. The van der Waals surface area contributed by atoms with Crippen LogP contribution in [0.4, 0.5) is 13.2 Å². The minimum Gasteiger partial charge on any atom is -0.312 e. The largest absolute Gasteiger partial charge is 0.443 e. The van der Waals surface area contributed by atoms with Gasteiger partial charge < -0.3 is 15.1 Å². The van der Waals surface area contributed by atoms with Gasteiger partial charge in [0.2, 0.25) is 0 Å². The van der Waals surface area contributed by atoms with Crippen molar-refractivity contribution in [3.63, 3.8) is 0 Å². The molecule has 2 heterocycles. The number of aromatic nitrogens is 1. The summed E-state index contributed by atoms with van der Waals surface area (Å²) in [7, 11) is 5.92. The minimum absolute atomic E-state index is 0.0995. The van der Waals surface area contributed by atoms with Crippen LogP contribution in [0, 0.1) is 0 Å². The Morgan fingerprint density at radius 1 is 1.43 bits per heavy atom. The zero-order valence-corrected chi connectivity index (χ0v) is 13.3. The number of hydrogen-bond acceptors (Lipinski definition) is 5. The summed E-state index contributed by atoms with van der Waals surface area (Å²) in [6, 6.07) is 0.232. The number of hydrogen-bond donors (Lipinski definition) is 1. The van der Waals surface area contributed by atoms with Crippen LogP contribution in [0.5, 0.6) is 0 Å². The number of likely N-dealkylation sites (N-methyl/N-ethyl adjacent to an activating group) is 2. The molecule has 1 fully saturated rings. The van der Waals surface area contributed by atoms with Crippen LogP contribution in [0.2, 0.25) is 0 Å². The van der Waals surface area contributed by atoms with E-state index in [1.54, 1.807) is 7.05 Å². The molecule has 0 radical (unpaired) electrons. The van der Waals surface area contributed by atoms with Gasteiger partial charge in [-0.05, 0) is 27.6 Å². The van der Waals surface area contributed by atoms with Gasteiger partial charge in [0.05, 0.1) is 0 Å². The molecular formula is C13H21F3N4S. The molecule has 2 unspecified atom stereocenters. The predicted molar refractivity (Wildman–Crippen MR) is 77.4 cm³/mol. The van der Waals surface area contributed by atoms with E-state index < -0.39 is 11.2 Å². The van der Waals surface area contributed by atoms with Crippen LogP contribution in [0.15, 0.2) is 6.20 Å². The summed E-state index contributed by atoms with van der Waals surface area (Å²) in [5.41, 5.74) is 0. The topological polar surface area (TPSA) is 31.4 Å². The Morgan fingerprint density at radius 2 is 2.14 bits per heavy atom. The first-order valence-electron chi connectivity index (χ1n) is 6.90. The normalized spacial score (nSPS) is 23.4. The van der Waals surface area contributed by atoms with Crippen LogP contribution < -0.4 is 5.32 Å². The zero-order valence-electron chi connectivity index (χ0n) is 12.4. The van der Waals surface area contributed by atoms with Gasteiger partial charge in [0, 0.05) is 42.8 Å². The third-order valence-corrected chi connectivity index (χ3v) is 5.10. The van der Waals surface area contributed by atoms with Crippen LogP contribution in [-0.2, 0) is 6.18 Å².